The fourth-order valence-electron chi connectivity index (χ4n) is 3.27. The third-order valence-corrected chi connectivity index (χ3v) is 7.61. The normalized spacial score (nSPS) is 18.4. The Morgan fingerprint density at radius 2 is 1.86 bits per heavy atom. The minimum Gasteiger partial charge on any atom is -0.339 e. The molecule has 0 N–H and O–H groups in total. The molecule has 154 valence electrons. The van der Waals surface area contributed by atoms with Gasteiger partial charge in [0, 0.05) is 50.0 Å². The first-order valence-electron chi connectivity index (χ1n) is 9.69. The summed E-state index contributed by atoms with van der Waals surface area (Å²) in [5.74, 6) is 0.349. The highest BCUT2D eigenvalue weighted by Gasteiger charge is 2.28. The van der Waals surface area contributed by atoms with E-state index >= 15 is 0 Å². The number of aromatic nitrogens is 2. The summed E-state index contributed by atoms with van der Waals surface area (Å²) < 4.78 is 28.7. The van der Waals surface area contributed by atoms with Crippen LogP contribution in [0.3, 0.4) is 0 Å². The number of amides is 1. The molecule has 9 heteroatoms. The van der Waals surface area contributed by atoms with Crippen LogP contribution in [0.1, 0.15) is 24.4 Å². The van der Waals surface area contributed by atoms with E-state index in [1.165, 1.54) is 34.3 Å². The summed E-state index contributed by atoms with van der Waals surface area (Å²) in [5, 5.41) is 2.13. The van der Waals surface area contributed by atoms with Crippen molar-refractivity contribution in [2.24, 2.45) is 0 Å². The van der Waals surface area contributed by atoms with E-state index in [0.717, 1.165) is 10.7 Å². The molecule has 2 fully saturated rings. The molecule has 1 saturated heterocycles. The lowest BCUT2D eigenvalue weighted by molar-refractivity contribution is -0.129. The number of nitrogens with zero attached hydrogens (tertiary/aromatic N) is 4. The van der Waals surface area contributed by atoms with Crippen molar-refractivity contribution in [2.75, 3.05) is 31.9 Å². The summed E-state index contributed by atoms with van der Waals surface area (Å²) in [6, 6.07) is 9.87. The molecule has 7 nitrogen and oxygen atoms in total. The predicted molar refractivity (Wildman–Crippen MR) is 114 cm³/mol. The first-order valence-corrected chi connectivity index (χ1v) is 12.2. The van der Waals surface area contributed by atoms with Gasteiger partial charge in [0.15, 0.2) is 5.16 Å². The highest BCUT2D eigenvalue weighted by atomic mass is 32.2. The number of imidazole rings is 1. The fourth-order valence-corrected chi connectivity index (χ4v) is 5.37. The Morgan fingerprint density at radius 3 is 2.55 bits per heavy atom. The molecule has 2 aromatic rings. The maximum absolute atomic E-state index is 12.5. The zero-order valence-electron chi connectivity index (χ0n) is 16.1. The highest BCUT2D eigenvalue weighted by molar-refractivity contribution is 7.99. The van der Waals surface area contributed by atoms with Gasteiger partial charge in [-0.2, -0.15) is 4.31 Å². The Kier molecular flexibility index (Phi) is 6.07. The Labute approximate surface area is 175 Å². The number of sulfonamides is 1. The molecule has 0 bridgehead atoms. The maximum atomic E-state index is 12.5. The lowest BCUT2D eigenvalue weighted by Crippen LogP contribution is -2.50. The predicted octanol–water partition coefficient (Wildman–Crippen LogP) is 2.46. The van der Waals surface area contributed by atoms with Crippen LogP contribution in [0.25, 0.3) is 6.08 Å². The summed E-state index contributed by atoms with van der Waals surface area (Å²) >= 11 is 1.45. The number of benzene rings is 1. The van der Waals surface area contributed by atoms with E-state index in [2.05, 4.69) is 9.55 Å². The van der Waals surface area contributed by atoms with Gasteiger partial charge in [0.05, 0.1) is 5.75 Å². The van der Waals surface area contributed by atoms with Crippen LogP contribution < -0.4 is 0 Å². The summed E-state index contributed by atoms with van der Waals surface area (Å²) in [5.41, 5.74) is 0.839. The van der Waals surface area contributed by atoms with Gasteiger partial charge in [-0.25, -0.2) is 13.4 Å². The molecule has 1 amide bonds. The van der Waals surface area contributed by atoms with E-state index in [0.29, 0.717) is 38.0 Å². The molecular formula is C20H24N4O3S2. The standard InChI is InChI=1S/C20H24N4O3S2/c25-19(16-28-20-21-9-10-24(20)18-6-7-18)22-11-13-23(14-12-22)29(26,27)15-8-17-4-2-1-3-5-17/h1-5,8-10,15,18H,6-7,11-14,16H2/b15-8+. The van der Waals surface area contributed by atoms with Crippen molar-refractivity contribution in [1.82, 2.24) is 18.8 Å². The molecule has 29 heavy (non-hydrogen) atoms. The molecule has 2 aliphatic rings. The number of carbonyl (C=O) groups is 1. The van der Waals surface area contributed by atoms with Gasteiger partial charge in [-0.05, 0) is 24.5 Å². The SMILES string of the molecule is O=C(CSc1nccn1C1CC1)N1CCN(S(=O)(=O)/C=C/c2ccccc2)CC1. The molecule has 1 aromatic carbocycles. The third kappa shape index (κ3) is 5.09. The number of thioether (sulfide) groups is 1. The molecule has 0 atom stereocenters. The molecule has 1 aliphatic carbocycles. The zero-order valence-corrected chi connectivity index (χ0v) is 17.7. The summed E-state index contributed by atoms with van der Waals surface area (Å²) in [6.45, 7) is 1.45. The summed E-state index contributed by atoms with van der Waals surface area (Å²) in [6.07, 6.45) is 7.69. The smallest absolute Gasteiger partial charge is 0.236 e. The molecule has 4 rings (SSSR count). The average molecular weight is 433 g/mol. The molecule has 0 spiro atoms. The molecule has 0 radical (unpaired) electrons. The summed E-state index contributed by atoms with van der Waals surface area (Å²) in [7, 11) is -3.49. The Bertz CT molecular complexity index is 976. The van der Waals surface area contributed by atoms with E-state index in [9.17, 15) is 13.2 Å². The second kappa shape index (κ2) is 8.73. The second-order valence-corrected chi connectivity index (χ2v) is 9.94. The van der Waals surface area contributed by atoms with Crippen LogP contribution in [0.15, 0.2) is 53.3 Å². The number of hydrogen-bond donors (Lipinski definition) is 0. The Balaban J connectivity index is 1.27. The van der Waals surface area contributed by atoms with Crippen LogP contribution in [-0.4, -0.2) is 65.0 Å². The van der Waals surface area contributed by atoms with E-state index in [1.807, 2.05) is 36.5 Å². The first kappa shape index (κ1) is 20.2. The van der Waals surface area contributed by atoms with Gasteiger partial charge in [-0.3, -0.25) is 4.79 Å². The van der Waals surface area contributed by atoms with Crippen molar-refractivity contribution in [2.45, 2.75) is 24.0 Å². The van der Waals surface area contributed by atoms with Crippen LogP contribution in [0, 0.1) is 0 Å². The number of rotatable bonds is 7. The highest BCUT2D eigenvalue weighted by Crippen LogP contribution is 2.37. The molecule has 1 aliphatic heterocycles. The van der Waals surface area contributed by atoms with Crippen molar-refractivity contribution in [3.8, 4) is 0 Å². The van der Waals surface area contributed by atoms with Gasteiger partial charge >= 0.3 is 0 Å². The first-order chi connectivity index (χ1) is 14.0. The zero-order chi connectivity index (χ0) is 20.3. The van der Waals surface area contributed by atoms with Gasteiger partial charge < -0.3 is 9.47 Å². The van der Waals surface area contributed by atoms with Crippen LogP contribution in [0.2, 0.25) is 0 Å². The van der Waals surface area contributed by atoms with Crippen LogP contribution >= 0.6 is 11.8 Å². The lowest BCUT2D eigenvalue weighted by atomic mass is 10.2. The fraction of sp³-hybridized carbons (Fsp3) is 0.400. The number of piperazine rings is 1. The van der Waals surface area contributed by atoms with E-state index < -0.39 is 10.0 Å². The van der Waals surface area contributed by atoms with Gasteiger partial charge in [0.2, 0.25) is 15.9 Å². The van der Waals surface area contributed by atoms with Gasteiger partial charge in [-0.15, -0.1) is 0 Å². The van der Waals surface area contributed by atoms with E-state index in [-0.39, 0.29) is 5.91 Å². The largest absolute Gasteiger partial charge is 0.339 e. The second-order valence-electron chi connectivity index (χ2n) is 7.18. The van der Waals surface area contributed by atoms with Crippen LogP contribution in [-0.2, 0) is 14.8 Å². The number of hydrogen-bond acceptors (Lipinski definition) is 5. The van der Waals surface area contributed by atoms with Crippen molar-refractivity contribution >= 4 is 33.8 Å². The molecule has 1 aromatic heterocycles. The minimum absolute atomic E-state index is 0.0252. The van der Waals surface area contributed by atoms with Gasteiger partial charge in [-0.1, -0.05) is 42.1 Å². The van der Waals surface area contributed by atoms with Crippen molar-refractivity contribution in [3.05, 3.63) is 53.7 Å². The Morgan fingerprint density at radius 1 is 1.14 bits per heavy atom. The quantitative estimate of drug-likeness (QED) is 0.628. The Hall–Kier alpha value is -2.10. The molecule has 1 saturated carbocycles. The van der Waals surface area contributed by atoms with E-state index in [1.54, 1.807) is 17.2 Å². The average Bonchev–Trinajstić information content (AvgIpc) is 3.49. The number of carbonyl (C=O) groups excluding carboxylic acids is 1. The molecule has 0 unspecified atom stereocenters. The van der Waals surface area contributed by atoms with Crippen molar-refractivity contribution in [3.63, 3.8) is 0 Å². The monoisotopic (exact) mass is 432 g/mol. The maximum Gasteiger partial charge on any atom is 0.236 e. The molecule has 2 heterocycles. The van der Waals surface area contributed by atoms with Crippen molar-refractivity contribution in [1.29, 1.82) is 0 Å². The minimum atomic E-state index is -3.49. The topological polar surface area (TPSA) is 75.5 Å². The summed E-state index contributed by atoms with van der Waals surface area (Å²) in [4.78, 5) is 18.6. The van der Waals surface area contributed by atoms with Gasteiger partial charge in [0.1, 0.15) is 0 Å². The molecular weight excluding hydrogens is 408 g/mol. The van der Waals surface area contributed by atoms with Crippen LogP contribution in [0.4, 0.5) is 0 Å². The van der Waals surface area contributed by atoms with Crippen molar-refractivity contribution < 1.29 is 13.2 Å². The van der Waals surface area contributed by atoms with E-state index in [4.69, 9.17) is 0 Å². The van der Waals surface area contributed by atoms with Crippen LogP contribution in [0.5, 0.6) is 0 Å². The lowest BCUT2D eigenvalue weighted by Gasteiger charge is -2.33. The van der Waals surface area contributed by atoms with Gasteiger partial charge in [0.25, 0.3) is 0 Å². The third-order valence-electron chi connectivity index (χ3n) is 5.08.